The summed E-state index contributed by atoms with van der Waals surface area (Å²) in [6, 6.07) is 26.9. The number of anilines is 1. The molecule has 5 nitrogen and oxygen atoms in total. The number of hydrogen-bond donors (Lipinski definition) is 2. The number of carbonyl (C=O) groups is 1. The summed E-state index contributed by atoms with van der Waals surface area (Å²) in [4.78, 5) is 13.2. The highest BCUT2D eigenvalue weighted by Gasteiger charge is 2.23. The van der Waals surface area contributed by atoms with Gasteiger partial charge in [0.05, 0.1) is 16.8 Å². The van der Waals surface area contributed by atoms with Crippen molar-refractivity contribution in [1.29, 1.82) is 0 Å². The number of nitrogens with one attached hydrogen (secondary N) is 2. The van der Waals surface area contributed by atoms with Crippen molar-refractivity contribution in [2.24, 2.45) is 0 Å². The molecule has 0 aliphatic carbocycles. The molecule has 0 heterocycles. The highest BCUT2D eigenvalue weighted by atomic mass is 35.5. The van der Waals surface area contributed by atoms with Crippen LogP contribution in [0.15, 0.2) is 95.9 Å². The maximum Gasteiger partial charge on any atom is 0.263 e. The maximum atomic E-state index is 13.3. The van der Waals surface area contributed by atoms with Gasteiger partial charge >= 0.3 is 0 Å². The fraction of sp³-hybridized carbons (Fsp3) is 0.138. The van der Waals surface area contributed by atoms with Crippen molar-refractivity contribution >= 4 is 33.2 Å². The topological polar surface area (TPSA) is 75.3 Å². The Balaban J connectivity index is 1.66. The molecule has 1 amide bonds. The van der Waals surface area contributed by atoms with Gasteiger partial charge in [0.2, 0.25) is 0 Å². The average molecular weight is 519 g/mol. The number of halogens is 1. The first-order valence-corrected chi connectivity index (χ1v) is 13.3. The lowest BCUT2D eigenvalue weighted by Gasteiger charge is -2.20. The molecule has 0 aliphatic rings. The van der Waals surface area contributed by atoms with Gasteiger partial charge in [-0.25, -0.2) is 8.42 Å². The van der Waals surface area contributed by atoms with E-state index in [0.717, 1.165) is 27.8 Å². The molecule has 36 heavy (non-hydrogen) atoms. The van der Waals surface area contributed by atoms with E-state index >= 15 is 0 Å². The fourth-order valence-electron chi connectivity index (χ4n) is 3.87. The Bertz CT molecular complexity index is 1500. The molecule has 4 aromatic carbocycles. The predicted molar refractivity (Wildman–Crippen MR) is 145 cm³/mol. The van der Waals surface area contributed by atoms with Gasteiger partial charge in [-0.1, -0.05) is 83.9 Å². The van der Waals surface area contributed by atoms with Crippen molar-refractivity contribution in [3.63, 3.8) is 0 Å². The number of benzene rings is 4. The van der Waals surface area contributed by atoms with Gasteiger partial charge in [-0.2, -0.15) is 0 Å². The fourth-order valence-corrected chi connectivity index (χ4v) is 5.52. The summed E-state index contributed by atoms with van der Waals surface area (Å²) >= 11 is 6.28. The molecule has 0 saturated heterocycles. The van der Waals surface area contributed by atoms with Gasteiger partial charge in [0.15, 0.2) is 0 Å². The van der Waals surface area contributed by atoms with Crippen LogP contribution in [0.5, 0.6) is 0 Å². The molecular weight excluding hydrogens is 492 g/mol. The van der Waals surface area contributed by atoms with Crippen LogP contribution < -0.4 is 10.0 Å². The third kappa shape index (κ3) is 5.78. The monoisotopic (exact) mass is 518 g/mol. The van der Waals surface area contributed by atoms with Crippen LogP contribution in [-0.4, -0.2) is 14.3 Å². The van der Waals surface area contributed by atoms with Crippen LogP contribution in [0, 0.1) is 20.8 Å². The summed E-state index contributed by atoms with van der Waals surface area (Å²) in [6.45, 7) is 5.70. The minimum atomic E-state index is -4.04. The lowest BCUT2D eigenvalue weighted by atomic mass is 9.97. The summed E-state index contributed by atoms with van der Waals surface area (Å²) in [7, 11) is -4.04. The van der Waals surface area contributed by atoms with E-state index in [0.29, 0.717) is 5.69 Å². The van der Waals surface area contributed by atoms with E-state index in [-0.39, 0.29) is 15.5 Å². The van der Waals surface area contributed by atoms with Gasteiger partial charge in [0, 0.05) is 5.56 Å². The van der Waals surface area contributed by atoms with Crippen molar-refractivity contribution in [2.45, 2.75) is 31.7 Å². The first-order valence-electron chi connectivity index (χ1n) is 11.5. The van der Waals surface area contributed by atoms with Gasteiger partial charge in [0.25, 0.3) is 15.9 Å². The Morgan fingerprint density at radius 3 is 2.11 bits per heavy atom. The predicted octanol–water partition coefficient (Wildman–Crippen LogP) is 6.59. The Morgan fingerprint density at radius 1 is 0.778 bits per heavy atom. The van der Waals surface area contributed by atoms with Gasteiger partial charge < -0.3 is 5.32 Å². The second-order valence-corrected chi connectivity index (χ2v) is 10.9. The van der Waals surface area contributed by atoms with E-state index in [1.54, 1.807) is 6.07 Å². The number of carbonyl (C=O) groups excluding carboxylic acids is 1. The molecule has 0 fully saturated rings. The molecule has 0 saturated carbocycles. The lowest BCUT2D eigenvalue weighted by molar-refractivity contribution is 0.0942. The second-order valence-electron chi connectivity index (χ2n) is 8.80. The number of rotatable bonds is 7. The minimum Gasteiger partial charge on any atom is -0.341 e. The second kappa shape index (κ2) is 10.6. The molecule has 0 aromatic heterocycles. The lowest BCUT2D eigenvalue weighted by Crippen LogP contribution is -2.29. The van der Waals surface area contributed by atoms with Crippen molar-refractivity contribution in [3.05, 3.63) is 129 Å². The normalized spacial score (nSPS) is 12.1. The number of sulfonamides is 1. The van der Waals surface area contributed by atoms with Crippen LogP contribution in [0.25, 0.3) is 0 Å². The molecule has 0 aliphatic heterocycles. The largest absolute Gasteiger partial charge is 0.341 e. The summed E-state index contributed by atoms with van der Waals surface area (Å²) < 4.78 is 29.1. The first-order chi connectivity index (χ1) is 17.1. The molecule has 0 spiro atoms. The number of amides is 1. The minimum absolute atomic E-state index is 0.0301. The molecule has 1 atom stereocenters. The molecular formula is C29H27ClN2O3S. The van der Waals surface area contributed by atoms with E-state index in [4.69, 9.17) is 11.6 Å². The Morgan fingerprint density at radius 2 is 1.42 bits per heavy atom. The van der Waals surface area contributed by atoms with Crippen LogP contribution in [0.4, 0.5) is 5.69 Å². The highest BCUT2D eigenvalue weighted by Crippen LogP contribution is 2.28. The van der Waals surface area contributed by atoms with Crippen LogP contribution in [0.2, 0.25) is 5.02 Å². The van der Waals surface area contributed by atoms with Crippen molar-refractivity contribution < 1.29 is 13.2 Å². The van der Waals surface area contributed by atoms with E-state index in [9.17, 15) is 13.2 Å². The Hall–Kier alpha value is -3.61. The zero-order chi connectivity index (χ0) is 25.9. The van der Waals surface area contributed by atoms with E-state index < -0.39 is 22.0 Å². The van der Waals surface area contributed by atoms with E-state index in [1.807, 2.05) is 87.5 Å². The van der Waals surface area contributed by atoms with Crippen LogP contribution >= 0.6 is 11.6 Å². The van der Waals surface area contributed by atoms with Crippen LogP contribution in [0.3, 0.4) is 0 Å². The summed E-state index contributed by atoms with van der Waals surface area (Å²) in [5, 5.41) is 3.08. The van der Waals surface area contributed by atoms with Crippen LogP contribution in [0.1, 0.15) is 44.2 Å². The molecule has 0 bridgehead atoms. The molecule has 7 heteroatoms. The maximum absolute atomic E-state index is 13.3. The molecule has 4 rings (SSSR count). The van der Waals surface area contributed by atoms with Gasteiger partial charge in [-0.05, 0) is 67.3 Å². The Labute approximate surface area is 217 Å². The third-order valence-corrected chi connectivity index (χ3v) is 7.79. The molecule has 4 aromatic rings. The Kier molecular flexibility index (Phi) is 7.48. The molecule has 2 N–H and O–H groups in total. The van der Waals surface area contributed by atoms with Crippen LogP contribution in [-0.2, 0) is 10.0 Å². The number of hydrogen-bond acceptors (Lipinski definition) is 3. The molecule has 0 radical (unpaired) electrons. The average Bonchev–Trinajstić information content (AvgIpc) is 2.86. The highest BCUT2D eigenvalue weighted by molar-refractivity contribution is 7.92. The summed E-state index contributed by atoms with van der Waals surface area (Å²) in [6.07, 6.45) is 0. The van der Waals surface area contributed by atoms with Gasteiger partial charge in [-0.15, -0.1) is 0 Å². The van der Waals surface area contributed by atoms with E-state index in [2.05, 4.69) is 10.0 Å². The first kappa shape index (κ1) is 25.5. The van der Waals surface area contributed by atoms with Crippen molar-refractivity contribution in [3.8, 4) is 0 Å². The van der Waals surface area contributed by atoms with Gasteiger partial charge in [0.1, 0.15) is 4.90 Å². The summed E-state index contributed by atoms with van der Waals surface area (Å²) in [5.74, 6) is -0.413. The summed E-state index contributed by atoms with van der Waals surface area (Å²) in [5.41, 5.74) is 5.28. The smallest absolute Gasteiger partial charge is 0.263 e. The molecule has 1 unspecified atom stereocenters. The third-order valence-electron chi connectivity index (χ3n) is 5.94. The van der Waals surface area contributed by atoms with Gasteiger partial charge in [-0.3, -0.25) is 9.52 Å². The SMILES string of the molecule is Cc1ccc(C(NC(=O)c2ccc(Cl)c(S(=O)(=O)Nc3cc(C)ccc3C)c2)c2ccccc2)cc1. The van der Waals surface area contributed by atoms with E-state index in [1.165, 1.54) is 18.2 Å². The van der Waals surface area contributed by atoms with Crippen molar-refractivity contribution in [1.82, 2.24) is 5.32 Å². The van der Waals surface area contributed by atoms with Crippen molar-refractivity contribution in [2.75, 3.05) is 4.72 Å². The zero-order valence-electron chi connectivity index (χ0n) is 20.2. The number of aryl methyl sites for hydroxylation is 3. The standard InChI is InChI=1S/C29H27ClN2O3S/c1-19-10-13-23(14-11-19)28(22-7-5-4-6-8-22)31-29(33)24-15-16-25(30)27(18-24)36(34,35)32-26-17-20(2)9-12-21(26)3/h4-18,28,32H,1-3H3,(H,31,33). The quantitative estimate of drug-likeness (QED) is 0.290. The molecule has 184 valence electrons. The zero-order valence-corrected chi connectivity index (χ0v) is 21.8.